The van der Waals surface area contributed by atoms with Crippen LogP contribution >= 0.6 is 0 Å². The average Bonchev–Trinajstić information content (AvgIpc) is 3.57. The van der Waals surface area contributed by atoms with E-state index in [1.807, 2.05) is 17.0 Å². The normalized spacial score (nSPS) is 27.3. The van der Waals surface area contributed by atoms with Gasteiger partial charge in [0.25, 0.3) is 5.91 Å². The van der Waals surface area contributed by atoms with Crippen molar-refractivity contribution in [3.63, 3.8) is 0 Å². The number of benzene rings is 2. The Balaban J connectivity index is 1.15. The Morgan fingerprint density at radius 1 is 0.829 bits per heavy atom. The molecule has 2 unspecified atom stereocenters. The van der Waals surface area contributed by atoms with E-state index in [1.165, 1.54) is 74.7 Å². The summed E-state index contributed by atoms with van der Waals surface area (Å²) in [4.78, 5) is 17.7. The van der Waals surface area contributed by atoms with Crippen molar-refractivity contribution in [1.82, 2.24) is 9.80 Å². The molecule has 6 rings (SSSR count). The van der Waals surface area contributed by atoms with Gasteiger partial charge in [-0.1, -0.05) is 24.6 Å². The van der Waals surface area contributed by atoms with Crippen molar-refractivity contribution < 1.29 is 9.53 Å². The zero-order chi connectivity index (χ0) is 23.8. The van der Waals surface area contributed by atoms with Crippen molar-refractivity contribution in [2.75, 3.05) is 33.3 Å². The maximum Gasteiger partial charge on any atom is 0.253 e. The van der Waals surface area contributed by atoms with Crippen LogP contribution in [0.2, 0.25) is 0 Å². The summed E-state index contributed by atoms with van der Waals surface area (Å²) in [5.41, 5.74) is 4.54. The molecule has 2 aliphatic carbocycles. The topological polar surface area (TPSA) is 32.8 Å². The van der Waals surface area contributed by atoms with Crippen LogP contribution in [0.5, 0.6) is 5.75 Å². The van der Waals surface area contributed by atoms with E-state index in [9.17, 15) is 4.79 Å². The highest BCUT2D eigenvalue weighted by molar-refractivity contribution is 5.94. The number of hydrogen-bond donors (Lipinski definition) is 0. The highest BCUT2D eigenvalue weighted by Gasteiger charge is 2.43. The second-order valence-electron chi connectivity index (χ2n) is 11.4. The molecule has 2 aromatic carbocycles. The fraction of sp³-hybridized carbons (Fsp3) is 0.581. The van der Waals surface area contributed by atoms with Gasteiger partial charge in [0.2, 0.25) is 0 Å². The van der Waals surface area contributed by atoms with Crippen LogP contribution < -0.4 is 4.74 Å². The van der Waals surface area contributed by atoms with Gasteiger partial charge in [0.15, 0.2) is 0 Å². The number of likely N-dealkylation sites (tertiary alicyclic amines) is 2. The largest absolute Gasteiger partial charge is 0.496 e. The van der Waals surface area contributed by atoms with Crippen LogP contribution in [0.1, 0.15) is 79.6 Å². The summed E-state index contributed by atoms with van der Waals surface area (Å²) >= 11 is 0. The molecule has 3 atom stereocenters. The predicted molar refractivity (Wildman–Crippen MR) is 141 cm³/mol. The molecule has 0 aromatic heterocycles. The maximum atomic E-state index is 12.9. The van der Waals surface area contributed by atoms with E-state index in [4.69, 9.17) is 4.74 Å². The molecule has 186 valence electrons. The molecule has 0 N–H and O–H groups in total. The first-order chi connectivity index (χ1) is 17.2. The summed E-state index contributed by atoms with van der Waals surface area (Å²) in [5, 5.41) is 0. The van der Waals surface area contributed by atoms with Gasteiger partial charge in [-0.05, 0) is 123 Å². The number of carbonyl (C=O) groups excluding carboxylic acids is 1. The number of nitrogens with zero attached hydrogens (tertiary/aromatic N) is 2. The van der Waals surface area contributed by atoms with E-state index >= 15 is 0 Å². The molecule has 2 aromatic rings. The monoisotopic (exact) mass is 472 g/mol. The minimum Gasteiger partial charge on any atom is -0.496 e. The Morgan fingerprint density at radius 2 is 1.57 bits per heavy atom. The van der Waals surface area contributed by atoms with Gasteiger partial charge in [-0.2, -0.15) is 0 Å². The van der Waals surface area contributed by atoms with Crippen LogP contribution in [0.3, 0.4) is 0 Å². The molecule has 2 heterocycles. The number of rotatable bonds is 5. The van der Waals surface area contributed by atoms with Crippen molar-refractivity contribution >= 4 is 5.91 Å². The van der Waals surface area contributed by atoms with Gasteiger partial charge in [-0.15, -0.1) is 0 Å². The summed E-state index contributed by atoms with van der Waals surface area (Å²) in [6.45, 7) is 4.23. The second-order valence-corrected chi connectivity index (χ2v) is 11.4. The standard InChI is InChI=1S/C31H40N2O2/c1-35-30-12-11-26(23-7-9-25(10-8-23)31(34)33-15-3-2-4-16-33)21-28(30)24-13-17-32(18-14-24)29-20-22-5-6-27(29)19-22/h7-12,21-22,24,27,29H,2-6,13-20H2,1H3/t22?,27?,29-/m0/s1. The lowest BCUT2D eigenvalue weighted by atomic mass is 9.85. The number of ether oxygens (including phenoxy) is 1. The number of carbonyl (C=O) groups is 1. The van der Waals surface area contributed by atoms with Gasteiger partial charge >= 0.3 is 0 Å². The number of hydrogen-bond acceptors (Lipinski definition) is 3. The fourth-order valence-electron chi connectivity index (χ4n) is 7.52. The Kier molecular flexibility index (Phi) is 6.58. The molecule has 2 aliphatic heterocycles. The molecule has 0 radical (unpaired) electrons. The van der Waals surface area contributed by atoms with Crippen molar-refractivity contribution in [2.24, 2.45) is 11.8 Å². The zero-order valence-corrected chi connectivity index (χ0v) is 21.3. The first kappa shape index (κ1) is 23.1. The van der Waals surface area contributed by atoms with Crippen LogP contribution in [-0.2, 0) is 0 Å². The first-order valence-electron chi connectivity index (χ1n) is 14.0. The van der Waals surface area contributed by atoms with Crippen LogP contribution in [0.4, 0.5) is 0 Å². The third-order valence-electron chi connectivity index (χ3n) is 9.48. The van der Waals surface area contributed by atoms with Gasteiger partial charge in [0.05, 0.1) is 7.11 Å². The second kappa shape index (κ2) is 9.97. The fourth-order valence-corrected chi connectivity index (χ4v) is 7.52. The molecule has 0 spiro atoms. The maximum absolute atomic E-state index is 12.9. The van der Waals surface area contributed by atoms with Gasteiger partial charge in [0, 0.05) is 24.7 Å². The number of fused-ring (bicyclic) bond motifs is 2. The third kappa shape index (κ3) is 4.62. The molecule has 4 fully saturated rings. The van der Waals surface area contributed by atoms with Gasteiger partial charge in [0.1, 0.15) is 5.75 Å². The quantitative estimate of drug-likeness (QED) is 0.508. The average molecular weight is 473 g/mol. The lowest BCUT2D eigenvalue weighted by Gasteiger charge is -2.40. The van der Waals surface area contributed by atoms with E-state index in [-0.39, 0.29) is 5.91 Å². The van der Waals surface area contributed by atoms with Crippen LogP contribution in [0.25, 0.3) is 11.1 Å². The summed E-state index contributed by atoms with van der Waals surface area (Å²) in [7, 11) is 1.80. The molecule has 4 aliphatic rings. The molecule has 1 amide bonds. The predicted octanol–water partition coefficient (Wildman–Crippen LogP) is 6.36. The van der Waals surface area contributed by atoms with Crippen molar-refractivity contribution in [3.8, 4) is 16.9 Å². The SMILES string of the molecule is COc1ccc(-c2ccc(C(=O)N3CCCCC3)cc2)cc1C1CCN([C@H]2CC3CCC2C3)CC1. The molecule has 2 bridgehead atoms. The molecule has 35 heavy (non-hydrogen) atoms. The molecule has 2 saturated carbocycles. The van der Waals surface area contributed by atoms with E-state index < -0.39 is 0 Å². The van der Waals surface area contributed by atoms with Crippen LogP contribution in [0, 0.1) is 11.8 Å². The van der Waals surface area contributed by atoms with E-state index in [2.05, 4.69) is 35.2 Å². The van der Waals surface area contributed by atoms with Crippen LogP contribution in [-0.4, -0.2) is 55.0 Å². The van der Waals surface area contributed by atoms with Gasteiger partial charge in [-0.25, -0.2) is 0 Å². The number of amides is 1. The van der Waals surface area contributed by atoms with Crippen molar-refractivity contribution in [1.29, 1.82) is 0 Å². The number of piperidine rings is 2. The summed E-state index contributed by atoms with van der Waals surface area (Å²) in [5.74, 6) is 3.73. The Labute approximate surface area is 210 Å². The first-order valence-corrected chi connectivity index (χ1v) is 14.0. The van der Waals surface area contributed by atoms with E-state index in [1.54, 1.807) is 7.11 Å². The van der Waals surface area contributed by atoms with Crippen molar-refractivity contribution in [3.05, 3.63) is 53.6 Å². The van der Waals surface area contributed by atoms with Gasteiger partial charge in [-0.3, -0.25) is 4.79 Å². The lowest BCUT2D eigenvalue weighted by molar-refractivity contribution is 0.0724. The van der Waals surface area contributed by atoms with E-state index in [0.717, 1.165) is 55.1 Å². The Hall–Kier alpha value is -2.33. The van der Waals surface area contributed by atoms with Crippen molar-refractivity contribution in [2.45, 2.75) is 69.7 Å². The summed E-state index contributed by atoms with van der Waals surface area (Å²) < 4.78 is 5.81. The summed E-state index contributed by atoms with van der Waals surface area (Å²) in [6, 6.07) is 15.7. The minimum atomic E-state index is 0.175. The highest BCUT2D eigenvalue weighted by atomic mass is 16.5. The molecular weight excluding hydrogens is 432 g/mol. The molecule has 4 nitrogen and oxygen atoms in total. The highest BCUT2D eigenvalue weighted by Crippen LogP contribution is 2.48. The zero-order valence-electron chi connectivity index (χ0n) is 21.3. The molecule has 2 saturated heterocycles. The van der Waals surface area contributed by atoms with E-state index in [0.29, 0.717) is 5.92 Å². The number of methoxy groups -OCH3 is 1. The van der Waals surface area contributed by atoms with Crippen LogP contribution in [0.15, 0.2) is 42.5 Å². The minimum absolute atomic E-state index is 0.175. The Morgan fingerprint density at radius 3 is 2.23 bits per heavy atom. The molecular formula is C31H40N2O2. The smallest absolute Gasteiger partial charge is 0.253 e. The Bertz CT molecular complexity index is 1030. The molecule has 4 heteroatoms. The summed E-state index contributed by atoms with van der Waals surface area (Å²) in [6.07, 6.45) is 11.8. The lowest BCUT2D eigenvalue weighted by Crippen LogP contribution is -2.43. The third-order valence-corrected chi connectivity index (χ3v) is 9.48. The van der Waals surface area contributed by atoms with Gasteiger partial charge < -0.3 is 14.5 Å².